The van der Waals surface area contributed by atoms with Crippen molar-refractivity contribution in [2.75, 3.05) is 0 Å². The molecule has 1 aliphatic carbocycles. The Balaban J connectivity index is 0.00000180. The first kappa shape index (κ1) is 16.1. The summed E-state index contributed by atoms with van der Waals surface area (Å²) in [5, 5.41) is 9.38. The fraction of sp³-hybridized carbons (Fsp3) is 0.500. The van der Waals surface area contributed by atoms with Gasteiger partial charge in [0.25, 0.3) is 0 Å². The minimum atomic E-state index is 0. The highest BCUT2D eigenvalue weighted by Crippen LogP contribution is 2.31. The molecule has 2 N–H and O–H groups in total. The van der Waals surface area contributed by atoms with Gasteiger partial charge in [-0.3, -0.25) is 0 Å². The molecule has 0 aliphatic heterocycles. The summed E-state index contributed by atoms with van der Waals surface area (Å²) >= 11 is 6.12. The van der Waals surface area contributed by atoms with Gasteiger partial charge in [0.05, 0.1) is 16.7 Å². The molecule has 1 aliphatic rings. The first-order chi connectivity index (χ1) is 8.61. The summed E-state index contributed by atoms with van der Waals surface area (Å²) in [6.45, 7) is 1.88. The third kappa shape index (κ3) is 3.76. The van der Waals surface area contributed by atoms with Crippen molar-refractivity contribution in [3.05, 3.63) is 28.3 Å². The molecule has 0 radical (unpaired) electrons. The summed E-state index contributed by atoms with van der Waals surface area (Å²) in [5.74, 6) is 0.777. The third-order valence-corrected chi connectivity index (χ3v) is 3.96. The van der Waals surface area contributed by atoms with Crippen molar-refractivity contribution in [2.45, 2.75) is 44.8 Å². The van der Waals surface area contributed by atoms with Gasteiger partial charge in [0.1, 0.15) is 11.8 Å². The Morgan fingerprint density at radius 1 is 1.32 bits per heavy atom. The molecule has 0 spiro atoms. The van der Waals surface area contributed by atoms with Gasteiger partial charge in [0.15, 0.2) is 0 Å². The van der Waals surface area contributed by atoms with Crippen LogP contribution in [0.4, 0.5) is 0 Å². The highest BCUT2D eigenvalue weighted by Gasteiger charge is 2.21. The molecule has 0 aromatic heterocycles. The lowest BCUT2D eigenvalue weighted by Crippen LogP contribution is -2.31. The van der Waals surface area contributed by atoms with Crippen LogP contribution in [0.25, 0.3) is 0 Å². The van der Waals surface area contributed by atoms with Crippen molar-refractivity contribution in [1.82, 2.24) is 0 Å². The van der Waals surface area contributed by atoms with Crippen LogP contribution in [0.5, 0.6) is 5.75 Å². The molecule has 2 rings (SSSR count). The van der Waals surface area contributed by atoms with Crippen LogP contribution in [0.3, 0.4) is 0 Å². The second kappa shape index (κ2) is 7.00. The van der Waals surface area contributed by atoms with E-state index in [2.05, 4.69) is 6.07 Å². The largest absolute Gasteiger partial charge is 0.490 e. The molecule has 3 nitrogen and oxygen atoms in total. The van der Waals surface area contributed by atoms with Gasteiger partial charge in [-0.2, -0.15) is 5.26 Å². The van der Waals surface area contributed by atoms with E-state index in [1.807, 2.05) is 13.0 Å². The number of nitrogens with zero attached hydrogens (tertiary/aromatic N) is 1. The second-order valence-electron chi connectivity index (χ2n) is 4.82. The fourth-order valence-electron chi connectivity index (χ4n) is 2.27. The number of rotatable bonds is 2. The second-order valence-corrected chi connectivity index (χ2v) is 5.19. The van der Waals surface area contributed by atoms with Gasteiger partial charge in [-0.15, -0.1) is 12.4 Å². The van der Waals surface area contributed by atoms with E-state index in [1.54, 1.807) is 6.07 Å². The van der Waals surface area contributed by atoms with Gasteiger partial charge < -0.3 is 10.5 Å². The number of hydrogen-bond donors (Lipinski definition) is 1. The molecule has 0 atom stereocenters. The van der Waals surface area contributed by atoms with Gasteiger partial charge in [0, 0.05) is 11.6 Å². The van der Waals surface area contributed by atoms with E-state index in [4.69, 9.17) is 27.3 Å². The molecule has 1 saturated carbocycles. The molecular formula is C14H18Cl2N2O. The third-order valence-electron chi connectivity index (χ3n) is 3.47. The van der Waals surface area contributed by atoms with Crippen molar-refractivity contribution in [3.8, 4) is 11.8 Å². The van der Waals surface area contributed by atoms with E-state index in [-0.39, 0.29) is 18.5 Å². The average Bonchev–Trinajstić information content (AvgIpc) is 2.38. The fourth-order valence-corrected chi connectivity index (χ4v) is 2.47. The molecule has 104 valence electrons. The highest BCUT2D eigenvalue weighted by molar-refractivity contribution is 6.32. The lowest BCUT2D eigenvalue weighted by molar-refractivity contribution is 0.146. The quantitative estimate of drug-likeness (QED) is 0.908. The Bertz CT molecular complexity index is 477. The van der Waals surface area contributed by atoms with Crippen molar-refractivity contribution >= 4 is 24.0 Å². The normalized spacial score (nSPS) is 22.2. The van der Waals surface area contributed by atoms with Crippen LogP contribution >= 0.6 is 24.0 Å². The highest BCUT2D eigenvalue weighted by atomic mass is 35.5. The molecule has 1 aromatic carbocycles. The Labute approximate surface area is 125 Å². The SMILES string of the molecule is Cc1c(OC2CCC(N)CC2)ccc(C#N)c1Cl.Cl. The standard InChI is InChI=1S/C14H17ClN2O.ClH/c1-9-13(7-2-10(8-16)14(9)15)18-12-5-3-11(17)4-6-12;/h2,7,11-12H,3-6,17H2,1H3;1H. The van der Waals surface area contributed by atoms with Crippen LogP contribution in [0, 0.1) is 18.3 Å². The van der Waals surface area contributed by atoms with E-state index in [1.165, 1.54) is 0 Å². The zero-order chi connectivity index (χ0) is 13.1. The van der Waals surface area contributed by atoms with E-state index in [0.717, 1.165) is 37.0 Å². The van der Waals surface area contributed by atoms with E-state index in [9.17, 15) is 0 Å². The number of nitrogens with two attached hydrogens (primary N) is 1. The van der Waals surface area contributed by atoms with E-state index >= 15 is 0 Å². The summed E-state index contributed by atoms with van der Waals surface area (Å²) in [6, 6.07) is 5.92. The lowest BCUT2D eigenvalue weighted by Gasteiger charge is -2.27. The average molecular weight is 301 g/mol. The van der Waals surface area contributed by atoms with Crippen LogP contribution in [0.15, 0.2) is 12.1 Å². The number of hydrogen-bond acceptors (Lipinski definition) is 3. The van der Waals surface area contributed by atoms with Crippen molar-refractivity contribution in [1.29, 1.82) is 5.26 Å². The number of ether oxygens (including phenoxy) is 1. The molecule has 0 unspecified atom stereocenters. The molecule has 0 bridgehead atoms. The summed E-state index contributed by atoms with van der Waals surface area (Å²) in [7, 11) is 0. The zero-order valence-corrected chi connectivity index (χ0v) is 12.4. The van der Waals surface area contributed by atoms with Crippen LogP contribution in [0.1, 0.15) is 36.8 Å². The maximum Gasteiger partial charge on any atom is 0.124 e. The minimum Gasteiger partial charge on any atom is -0.490 e. The first-order valence-corrected chi connectivity index (χ1v) is 6.61. The Morgan fingerprint density at radius 2 is 1.95 bits per heavy atom. The summed E-state index contributed by atoms with van der Waals surface area (Å²) in [5.41, 5.74) is 7.20. The van der Waals surface area contributed by atoms with Crippen molar-refractivity contribution < 1.29 is 4.74 Å². The molecule has 1 fully saturated rings. The van der Waals surface area contributed by atoms with Crippen LogP contribution in [-0.2, 0) is 0 Å². The number of benzene rings is 1. The minimum absolute atomic E-state index is 0. The monoisotopic (exact) mass is 300 g/mol. The van der Waals surface area contributed by atoms with Crippen molar-refractivity contribution in [3.63, 3.8) is 0 Å². The molecule has 0 saturated heterocycles. The van der Waals surface area contributed by atoms with E-state index < -0.39 is 0 Å². The topological polar surface area (TPSA) is 59.0 Å². The van der Waals surface area contributed by atoms with Crippen LogP contribution < -0.4 is 10.5 Å². The van der Waals surface area contributed by atoms with Crippen LogP contribution in [-0.4, -0.2) is 12.1 Å². The molecular weight excluding hydrogens is 283 g/mol. The molecule has 1 aromatic rings. The Hall–Kier alpha value is -0.950. The number of halogens is 2. The predicted molar refractivity (Wildman–Crippen MR) is 79.0 cm³/mol. The molecule has 5 heteroatoms. The summed E-state index contributed by atoms with van der Waals surface area (Å²) in [6.07, 6.45) is 4.20. The maximum absolute atomic E-state index is 8.90. The molecule has 0 amide bonds. The van der Waals surface area contributed by atoms with E-state index in [0.29, 0.717) is 16.6 Å². The zero-order valence-electron chi connectivity index (χ0n) is 10.9. The van der Waals surface area contributed by atoms with Gasteiger partial charge in [-0.05, 0) is 44.7 Å². The smallest absolute Gasteiger partial charge is 0.124 e. The van der Waals surface area contributed by atoms with Gasteiger partial charge in [0.2, 0.25) is 0 Å². The first-order valence-electron chi connectivity index (χ1n) is 6.23. The summed E-state index contributed by atoms with van der Waals surface area (Å²) < 4.78 is 5.97. The summed E-state index contributed by atoms with van der Waals surface area (Å²) in [4.78, 5) is 0. The van der Waals surface area contributed by atoms with Crippen LogP contribution in [0.2, 0.25) is 5.02 Å². The maximum atomic E-state index is 8.90. The Kier molecular flexibility index (Phi) is 5.93. The Morgan fingerprint density at radius 3 is 2.53 bits per heavy atom. The van der Waals surface area contributed by atoms with Gasteiger partial charge in [-0.25, -0.2) is 0 Å². The number of nitriles is 1. The van der Waals surface area contributed by atoms with Crippen molar-refractivity contribution in [2.24, 2.45) is 5.73 Å². The lowest BCUT2D eigenvalue weighted by atomic mass is 9.93. The molecule has 19 heavy (non-hydrogen) atoms. The van der Waals surface area contributed by atoms with Gasteiger partial charge >= 0.3 is 0 Å². The molecule has 0 heterocycles. The predicted octanol–water partition coefficient (Wildman–Crippen LogP) is 3.59. The van der Waals surface area contributed by atoms with Gasteiger partial charge in [-0.1, -0.05) is 11.6 Å².